The molecule has 142 valence electrons. The van der Waals surface area contributed by atoms with Crippen LogP contribution in [0.15, 0.2) is 4.99 Å². The second-order valence-corrected chi connectivity index (χ2v) is 7.44. The van der Waals surface area contributed by atoms with Crippen LogP contribution in [0, 0.1) is 0 Å². The summed E-state index contributed by atoms with van der Waals surface area (Å²) in [7, 11) is -3.14. The molecule has 8 nitrogen and oxygen atoms in total. The summed E-state index contributed by atoms with van der Waals surface area (Å²) in [6, 6.07) is 0.206. The molecule has 10 heteroatoms. The molecule has 1 aliphatic heterocycles. The van der Waals surface area contributed by atoms with Crippen molar-refractivity contribution in [1.82, 2.24) is 20.3 Å². The molecule has 24 heavy (non-hydrogen) atoms. The van der Waals surface area contributed by atoms with Crippen molar-refractivity contribution in [2.45, 2.75) is 39.2 Å². The summed E-state index contributed by atoms with van der Waals surface area (Å²) < 4.78 is 24.4. The standard InChI is InChI=1S/C14H29N5O3S.HI/c1-4-13(20)19-10-7-12(11-19)18-14(15-5-2)16-8-6-9-17-23(3,21)22;/h12,17H,4-11H2,1-3H3,(H2,15,16,18);1H. The number of carbonyl (C=O) groups is 1. The fourth-order valence-electron chi connectivity index (χ4n) is 2.37. The normalized spacial score (nSPS) is 18.2. The molecule has 0 bridgehead atoms. The number of rotatable bonds is 8. The minimum absolute atomic E-state index is 0. The van der Waals surface area contributed by atoms with E-state index < -0.39 is 10.0 Å². The van der Waals surface area contributed by atoms with Gasteiger partial charge in [-0.15, -0.1) is 24.0 Å². The maximum absolute atomic E-state index is 11.7. The Hall–Kier alpha value is -0.620. The van der Waals surface area contributed by atoms with Gasteiger partial charge in [-0.25, -0.2) is 13.1 Å². The minimum atomic E-state index is -3.14. The van der Waals surface area contributed by atoms with Gasteiger partial charge < -0.3 is 15.5 Å². The topological polar surface area (TPSA) is 103 Å². The molecule has 1 fully saturated rings. The lowest BCUT2D eigenvalue weighted by molar-refractivity contribution is -0.129. The molecular formula is C14H30IN5O3S. The predicted molar refractivity (Wildman–Crippen MR) is 107 cm³/mol. The van der Waals surface area contributed by atoms with Crippen LogP contribution in [-0.2, 0) is 14.8 Å². The highest BCUT2D eigenvalue weighted by Gasteiger charge is 2.25. The first-order chi connectivity index (χ1) is 10.9. The summed E-state index contributed by atoms with van der Waals surface area (Å²) in [6.07, 6.45) is 3.22. The van der Waals surface area contributed by atoms with E-state index in [1.54, 1.807) is 0 Å². The van der Waals surface area contributed by atoms with Crippen molar-refractivity contribution in [1.29, 1.82) is 0 Å². The van der Waals surface area contributed by atoms with Gasteiger partial charge in [0.25, 0.3) is 0 Å². The van der Waals surface area contributed by atoms with Crippen LogP contribution in [0.2, 0.25) is 0 Å². The number of hydrogen-bond donors (Lipinski definition) is 3. The molecule has 1 rings (SSSR count). The van der Waals surface area contributed by atoms with Crippen LogP contribution in [0.4, 0.5) is 0 Å². The lowest BCUT2D eigenvalue weighted by Crippen LogP contribution is -2.45. The SMILES string of the molecule is CCNC(=NCCCNS(C)(=O)=O)NC1CCN(C(=O)CC)C1.I. The van der Waals surface area contributed by atoms with Crippen molar-refractivity contribution in [3.05, 3.63) is 0 Å². The van der Waals surface area contributed by atoms with E-state index in [0.717, 1.165) is 25.8 Å². The summed E-state index contributed by atoms with van der Waals surface area (Å²) in [6.45, 7) is 7.00. The summed E-state index contributed by atoms with van der Waals surface area (Å²) in [5.74, 6) is 0.894. The minimum Gasteiger partial charge on any atom is -0.357 e. The van der Waals surface area contributed by atoms with Gasteiger partial charge in [0.2, 0.25) is 15.9 Å². The highest BCUT2D eigenvalue weighted by molar-refractivity contribution is 14.0. The lowest BCUT2D eigenvalue weighted by atomic mass is 10.3. The zero-order chi connectivity index (χ0) is 17.3. The Morgan fingerprint density at radius 3 is 2.62 bits per heavy atom. The van der Waals surface area contributed by atoms with Crippen molar-refractivity contribution in [2.75, 3.05) is 39.0 Å². The molecule has 0 radical (unpaired) electrons. The molecule has 3 N–H and O–H groups in total. The zero-order valence-corrected chi connectivity index (χ0v) is 17.8. The third kappa shape index (κ3) is 9.62. The molecule has 1 amide bonds. The summed E-state index contributed by atoms with van der Waals surface area (Å²) in [5.41, 5.74) is 0. The van der Waals surface area contributed by atoms with E-state index in [4.69, 9.17) is 0 Å². The largest absolute Gasteiger partial charge is 0.357 e. The van der Waals surface area contributed by atoms with Gasteiger partial charge in [0, 0.05) is 45.2 Å². The van der Waals surface area contributed by atoms with E-state index in [0.29, 0.717) is 38.4 Å². The number of nitrogens with one attached hydrogen (secondary N) is 3. The number of sulfonamides is 1. The van der Waals surface area contributed by atoms with E-state index in [-0.39, 0.29) is 35.9 Å². The number of aliphatic imine (C=N–C) groups is 1. The molecule has 0 aliphatic carbocycles. The Morgan fingerprint density at radius 1 is 1.33 bits per heavy atom. The Balaban J connectivity index is 0.00000529. The van der Waals surface area contributed by atoms with Crippen molar-refractivity contribution >= 4 is 45.9 Å². The monoisotopic (exact) mass is 475 g/mol. The number of hydrogen-bond acceptors (Lipinski definition) is 4. The molecule has 1 unspecified atom stereocenters. The van der Waals surface area contributed by atoms with E-state index in [9.17, 15) is 13.2 Å². The number of nitrogens with zero attached hydrogens (tertiary/aromatic N) is 2. The fraction of sp³-hybridized carbons (Fsp3) is 0.857. The fourth-order valence-corrected chi connectivity index (χ4v) is 2.88. The number of amides is 1. The van der Waals surface area contributed by atoms with Gasteiger partial charge in [-0.3, -0.25) is 9.79 Å². The zero-order valence-electron chi connectivity index (χ0n) is 14.7. The molecule has 0 saturated carbocycles. The molecule has 0 aromatic heterocycles. The van der Waals surface area contributed by atoms with Crippen LogP contribution in [-0.4, -0.2) is 70.2 Å². The highest BCUT2D eigenvalue weighted by Crippen LogP contribution is 2.10. The van der Waals surface area contributed by atoms with Crippen molar-refractivity contribution in [3.63, 3.8) is 0 Å². The molecule has 1 atom stereocenters. The average molecular weight is 475 g/mol. The van der Waals surface area contributed by atoms with Crippen LogP contribution in [0.25, 0.3) is 0 Å². The first-order valence-corrected chi connectivity index (χ1v) is 10.0. The van der Waals surface area contributed by atoms with Gasteiger partial charge in [-0.05, 0) is 19.8 Å². The third-order valence-corrected chi connectivity index (χ3v) is 4.23. The second kappa shape index (κ2) is 11.9. The lowest BCUT2D eigenvalue weighted by Gasteiger charge is -2.18. The molecule has 0 aromatic rings. The van der Waals surface area contributed by atoms with Crippen molar-refractivity contribution < 1.29 is 13.2 Å². The summed E-state index contributed by atoms with van der Waals surface area (Å²) in [4.78, 5) is 18.0. The molecule has 0 aromatic carbocycles. The molecule has 1 heterocycles. The van der Waals surface area contributed by atoms with Gasteiger partial charge in [-0.1, -0.05) is 6.92 Å². The highest BCUT2D eigenvalue weighted by atomic mass is 127. The number of likely N-dealkylation sites (tertiary alicyclic amines) is 1. The van der Waals surface area contributed by atoms with Gasteiger partial charge in [0.05, 0.1) is 6.26 Å². The smallest absolute Gasteiger partial charge is 0.222 e. The molecule has 0 spiro atoms. The van der Waals surface area contributed by atoms with E-state index in [1.807, 2.05) is 18.7 Å². The number of guanidine groups is 1. The molecule has 1 saturated heterocycles. The Bertz CT molecular complexity index is 513. The maximum atomic E-state index is 11.7. The third-order valence-electron chi connectivity index (χ3n) is 3.50. The van der Waals surface area contributed by atoms with Crippen LogP contribution in [0.1, 0.15) is 33.1 Å². The van der Waals surface area contributed by atoms with Crippen molar-refractivity contribution in [2.24, 2.45) is 4.99 Å². The van der Waals surface area contributed by atoms with Crippen LogP contribution in [0.5, 0.6) is 0 Å². The van der Waals surface area contributed by atoms with Gasteiger partial charge in [0.15, 0.2) is 5.96 Å². The Morgan fingerprint density at radius 2 is 2.04 bits per heavy atom. The average Bonchev–Trinajstić information content (AvgIpc) is 2.93. The van der Waals surface area contributed by atoms with Gasteiger partial charge in [0.1, 0.15) is 0 Å². The van der Waals surface area contributed by atoms with Crippen LogP contribution >= 0.6 is 24.0 Å². The van der Waals surface area contributed by atoms with Crippen molar-refractivity contribution in [3.8, 4) is 0 Å². The first-order valence-electron chi connectivity index (χ1n) is 8.13. The number of halogens is 1. The predicted octanol–water partition coefficient (Wildman–Crippen LogP) is 0.110. The quantitative estimate of drug-likeness (QED) is 0.200. The van der Waals surface area contributed by atoms with E-state index in [1.165, 1.54) is 0 Å². The Labute approximate surface area is 162 Å². The Kier molecular flexibility index (Phi) is 11.5. The van der Waals surface area contributed by atoms with Gasteiger partial charge in [-0.2, -0.15) is 0 Å². The molecule has 1 aliphatic rings. The summed E-state index contributed by atoms with van der Waals surface area (Å²) in [5, 5.41) is 6.51. The van der Waals surface area contributed by atoms with Crippen LogP contribution < -0.4 is 15.4 Å². The van der Waals surface area contributed by atoms with Gasteiger partial charge >= 0.3 is 0 Å². The summed E-state index contributed by atoms with van der Waals surface area (Å²) >= 11 is 0. The van der Waals surface area contributed by atoms with E-state index >= 15 is 0 Å². The maximum Gasteiger partial charge on any atom is 0.222 e. The first kappa shape index (κ1) is 23.4. The van der Waals surface area contributed by atoms with E-state index in [2.05, 4.69) is 20.3 Å². The molecular weight excluding hydrogens is 445 g/mol. The second-order valence-electron chi connectivity index (χ2n) is 5.60. The number of carbonyl (C=O) groups excluding carboxylic acids is 1. The van der Waals surface area contributed by atoms with Crippen LogP contribution in [0.3, 0.4) is 0 Å².